The molecule has 1 unspecified atom stereocenters. The second kappa shape index (κ2) is 5.90. The van der Waals surface area contributed by atoms with Crippen LogP contribution in [-0.4, -0.2) is 17.1 Å². The number of hydrogen-bond donors (Lipinski definition) is 2. The normalized spacial score (nSPS) is 12.2. The lowest BCUT2D eigenvalue weighted by Gasteiger charge is -2.17. The Morgan fingerprint density at radius 3 is 2.78 bits per heavy atom. The minimum absolute atomic E-state index is 0.272. The van der Waals surface area contributed by atoms with Gasteiger partial charge in [-0.3, -0.25) is 10.8 Å². The summed E-state index contributed by atoms with van der Waals surface area (Å²) < 4.78 is 6.17. The number of nitrogens with two attached hydrogens (primary N) is 1. The van der Waals surface area contributed by atoms with Crippen molar-refractivity contribution in [1.29, 1.82) is 0 Å². The summed E-state index contributed by atoms with van der Waals surface area (Å²) in [5.41, 5.74) is 4.36. The second-order valence-electron chi connectivity index (χ2n) is 3.61. The molecule has 0 amide bonds. The van der Waals surface area contributed by atoms with Crippen LogP contribution in [0, 0.1) is 0 Å². The third-order valence-corrected chi connectivity index (χ3v) is 3.00. The number of halogens is 1. The van der Waals surface area contributed by atoms with Crippen LogP contribution in [0.1, 0.15) is 17.3 Å². The molecule has 2 rings (SSSR count). The highest BCUT2D eigenvalue weighted by Crippen LogP contribution is 2.27. The van der Waals surface area contributed by atoms with Gasteiger partial charge < -0.3 is 4.74 Å². The summed E-state index contributed by atoms with van der Waals surface area (Å²) >= 11 is 3.43. The van der Waals surface area contributed by atoms with Crippen molar-refractivity contribution < 1.29 is 4.74 Å². The van der Waals surface area contributed by atoms with Gasteiger partial charge in [-0.2, -0.15) is 0 Å². The van der Waals surface area contributed by atoms with Crippen LogP contribution in [0.15, 0.2) is 41.1 Å². The standard InChI is InChI=1S/C12H13BrN4O/c1-18-12-11(15-5-6-16-12)10(17-14)8-3-2-4-9(13)7-8/h2-7,10,17H,14H2,1H3. The Labute approximate surface area is 113 Å². The van der Waals surface area contributed by atoms with Crippen molar-refractivity contribution in [3.8, 4) is 5.88 Å². The molecule has 0 radical (unpaired) electrons. The molecule has 6 heteroatoms. The highest BCUT2D eigenvalue weighted by Gasteiger charge is 2.19. The molecule has 18 heavy (non-hydrogen) atoms. The Morgan fingerprint density at radius 2 is 2.11 bits per heavy atom. The topological polar surface area (TPSA) is 73.1 Å². The number of hydrogen-bond acceptors (Lipinski definition) is 5. The Morgan fingerprint density at radius 1 is 1.33 bits per heavy atom. The lowest BCUT2D eigenvalue weighted by atomic mass is 10.0. The van der Waals surface area contributed by atoms with Crippen molar-refractivity contribution >= 4 is 15.9 Å². The van der Waals surface area contributed by atoms with E-state index in [0.29, 0.717) is 11.6 Å². The predicted octanol–water partition coefficient (Wildman–Crippen LogP) is 1.80. The molecule has 2 aromatic rings. The molecule has 94 valence electrons. The van der Waals surface area contributed by atoms with Gasteiger partial charge in [-0.25, -0.2) is 10.4 Å². The quantitative estimate of drug-likeness (QED) is 0.665. The van der Waals surface area contributed by atoms with Crippen LogP contribution < -0.4 is 16.0 Å². The van der Waals surface area contributed by atoms with Gasteiger partial charge in [0.15, 0.2) is 0 Å². The first-order valence-electron chi connectivity index (χ1n) is 5.32. The van der Waals surface area contributed by atoms with E-state index in [4.69, 9.17) is 10.6 Å². The number of rotatable bonds is 4. The molecule has 1 atom stereocenters. The van der Waals surface area contributed by atoms with Crippen molar-refractivity contribution in [2.24, 2.45) is 5.84 Å². The molecule has 0 fully saturated rings. The van der Waals surface area contributed by atoms with Crippen molar-refractivity contribution in [3.63, 3.8) is 0 Å². The zero-order chi connectivity index (χ0) is 13.0. The number of nitrogens with zero attached hydrogens (tertiary/aromatic N) is 2. The van der Waals surface area contributed by atoms with Crippen LogP contribution in [0.25, 0.3) is 0 Å². The molecule has 0 aliphatic heterocycles. The van der Waals surface area contributed by atoms with E-state index in [2.05, 4.69) is 31.3 Å². The molecular weight excluding hydrogens is 296 g/mol. The fourth-order valence-electron chi connectivity index (χ4n) is 1.71. The SMILES string of the molecule is COc1nccnc1C(NN)c1cccc(Br)c1. The van der Waals surface area contributed by atoms with Gasteiger partial charge in [0.25, 0.3) is 0 Å². The van der Waals surface area contributed by atoms with E-state index in [0.717, 1.165) is 10.0 Å². The van der Waals surface area contributed by atoms with E-state index in [-0.39, 0.29) is 6.04 Å². The summed E-state index contributed by atoms with van der Waals surface area (Å²) in [6, 6.07) is 7.55. The van der Waals surface area contributed by atoms with Crippen LogP contribution in [0.3, 0.4) is 0 Å². The Balaban J connectivity index is 2.45. The molecule has 5 nitrogen and oxygen atoms in total. The van der Waals surface area contributed by atoms with Crippen LogP contribution >= 0.6 is 15.9 Å². The maximum atomic E-state index is 5.62. The summed E-state index contributed by atoms with van der Waals surface area (Å²) in [4.78, 5) is 8.40. The van der Waals surface area contributed by atoms with Gasteiger partial charge in [0, 0.05) is 16.9 Å². The van der Waals surface area contributed by atoms with E-state index >= 15 is 0 Å². The number of hydrazine groups is 1. The number of nitrogens with one attached hydrogen (secondary N) is 1. The molecule has 1 heterocycles. The molecule has 0 spiro atoms. The summed E-state index contributed by atoms with van der Waals surface area (Å²) in [7, 11) is 1.56. The fourth-order valence-corrected chi connectivity index (χ4v) is 2.13. The molecule has 0 aliphatic rings. The predicted molar refractivity (Wildman–Crippen MR) is 71.9 cm³/mol. The Bertz CT molecular complexity index is 535. The van der Waals surface area contributed by atoms with Gasteiger partial charge in [-0.15, -0.1) is 0 Å². The van der Waals surface area contributed by atoms with E-state index < -0.39 is 0 Å². The van der Waals surface area contributed by atoms with E-state index in [1.54, 1.807) is 19.5 Å². The number of ether oxygens (including phenoxy) is 1. The van der Waals surface area contributed by atoms with Gasteiger partial charge in [0.2, 0.25) is 5.88 Å². The smallest absolute Gasteiger partial charge is 0.237 e. The number of methoxy groups -OCH3 is 1. The van der Waals surface area contributed by atoms with Crippen LogP contribution in [0.5, 0.6) is 5.88 Å². The Kier molecular flexibility index (Phi) is 4.24. The van der Waals surface area contributed by atoms with Gasteiger partial charge in [-0.1, -0.05) is 28.1 Å². The minimum Gasteiger partial charge on any atom is -0.480 e. The zero-order valence-corrected chi connectivity index (χ0v) is 11.4. The van der Waals surface area contributed by atoms with Crippen molar-refractivity contribution in [1.82, 2.24) is 15.4 Å². The Hall–Kier alpha value is -1.50. The van der Waals surface area contributed by atoms with Crippen LogP contribution in [0.4, 0.5) is 0 Å². The third-order valence-electron chi connectivity index (χ3n) is 2.51. The largest absolute Gasteiger partial charge is 0.480 e. The first-order chi connectivity index (χ1) is 8.76. The number of benzene rings is 1. The summed E-state index contributed by atoms with van der Waals surface area (Å²) in [6.45, 7) is 0. The average Bonchev–Trinajstić information content (AvgIpc) is 2.40. The highest BCUT2D eigenvalue weighted by molar-refractivity contribution is 9.10. The number of aromatic nitrogens is 2. The van der Waals surface area contributed by atoms with Crippen molar-refractivity contribution in [2.45, 2.75) is 6.04 Å². The maximum Gasteiger partial charge on any atom is 0.237 e. The molecule has 1 aromatic carbocycles. The van der Waals surface area contributed by atoms with Crippen molar-refractivity contribution in [3.05, 3.63) is 52.4 Å². The molecule has 3 N–H and O–H groups in total. The lowest BCUT2D eigenvalue weighted by molar-refractivity contribution is 0.383. The fraction of sp³-hybridized carbons (Fsp3) is 0.167. The van der Waals surface area contributed by atoms with Gasteiger partial charge in [0.05, 0.1) is 13.2 Å². The third kappa shape index (κ3) is 2.66. The monoisotopic (exact) mass is 308 g/mol. The van der Waals surface area contributed by atoms with Crippen molar-refractivity contribution in [2.75, 3.05) is 7.11 Å². The first kappa shape index (κ1) is 12.9. The lowest BCUT2D eigenvalue weighted by Crippen LogP contribution is -2.30. The first-order valence-corrected chi connectivity index (χ1v) is 6.12. The van der Waals surface area contributed by atoms with Gasteiger partial charge in [-0.05, 0) is 17.7 Å². The van der Waals surface area contributed by atoms with E-state index in [1.807, 2.05) is 24.3 Å². The van der Waals surface area contributed by atoms with E-state index in [1.165, 1.54) is 0 Å². The van der Waals surface area contributed by atoms with Gasteiger partial charge >= 0.3 is 0 Å². The van der Waals surface area contributed by atoms with Gasteiger partial charge in [0.1, 0.15) is 5.69 Å². The summed E-state index contributed by atoms with van der Waals surface area (Å²) in [5, 5.41) is 0. The summed E-state index contributed by atoms with van der Waals surface area (Å²) in [6.07, 6.45) is 3.19. The molecule has 1 aromatic heterocycles. The second-order valence-corrected chi connectivity index (χ2v) is 4.52. The molecule has 0 saturated heterocycles. The molecular formula is C12H13BrN4O. The van der Waals surface area contributed by atoms with E-state index in [9.17, 15) is 0 Å². The maximum absolute atomic E-state index is 5.62. The average molecular weight is 309 g/mol. The summed E-state index contributed by atoms with van der Waals surface area (Å²) in [5.74, 6) is 6.08. The molecule has 0 aliphatic carbocycles. The molecule has 0 bridgehead atoms. The van der Waals surface area contributed by atoms with Crippen LogP contribution in [-0.2, 0) is 0 Å². The molecule has 0 saturated carbocycles. The zero-order valence-electron chi connectivity index (χ0n) is 9.80. The van der Waals surface area contributed by atoms with Crippen LogP contribution in [0.2, 0.25) is 0 Å². The minimum atomic E-state index is -0.272. The highest BCUT2D eigenvalue weighted by atomic mass is 79.9.